The maximum atomic E-state index is 13.4. The fraction of sp³-hybridized carbons (Fsp3) is 0.400. The molecule has 0 bridgehead atoms. The van der Waals surface area contributed by atoms with Crippen molar-refractivity contribution in [3.8, 4) is 11.6 Å². The molecular formula is C20H26FIN4OS. The van der Waals surface area contributed by atoms with Crippen molar-refractivity contribution in [2.45, 2.75) is 31.6 Å². The second-order valence-electron chi connectivity index (χ2n) is 6.24. The molecular weight excluding hydrogens is 490 g/mol. The van der Waals surface area contributed by atoms with Gasteiger partial charge in [-0.15, -0.1) is 24.0 Å². The van der Waals surface area contributed by atoms with E-state index in [-0.39, 0.29) is 29.8 Å². The van der Waals surface area contributed by atoms with Crippen LogP contribution < -0.4 is 15.4 Å². The summed E-state index contributed by atoms with van der Waals surface area (Å²) in [6.45, 7) is 4.18. The van der Waals surface area contributed by atoms with Crippen molar-refractivity contribution >= 4 is 41.7 Å². The highest BCUT2D eigenvalue weighted by Crippen LogP contribution is 2.25. The minimum absolute atomic E-state index is 0. The molecule has 1 aliphatic rings. The van der Waals surface area contributed by atoms with Gasteiger partial charge in [0, 0.05) is 36.2 Å². The van der Waals surface area contributed by atoms with Crippen LogP contribution in [0.25, 0.3) is 0 Å². The van der Waals surface area contributed by atoms with Gasteiger partial charge in [-0.2, -0.15) is 11.8 Å². The minimum Gasteiger partial charge on any atom is -0.439 e. The molecule has 5 nitrogen and oxygen atoms in total. The Hall–Kier alpha value is -1.55. The number of rotatable bonds is 7. The number of nitrogens with zero attached hydrogens (tertiary/aromatic N) is 2. The molecule has 0 amide bonds. The summed E-state index contributed by atoms with van der Waals surface area (Å²) in [6, 6.07) is 9.80. The lowest BCUT2D eigenvalue weighted by atomic mass is 10.2. The van der Waals surface area contributed by atoms with Crippen LogP contribution in [0.2, 0.25) is 0 Å². The summed E-state index contributed by atoms with van der Waals surface area (Å²) in [5.74, 6) is 2.55. The molecule has 1 saturated heterocycles. The molecule has 28 heavy (non-hydrogen) atoms. The summed E-state index contributed by atoms with van der Waals surface area (Å²) in [4.78, 5) is 8.93. The maximum absolute atomic E-state index is 13.4. The van der Waals surface area contributed by atoms with Gasteiger partial charge in [0.05, 0.1) is 6.54 Å². The molecule has 152 valence electrons. The zero-order valence-electron chi connectivity index (χ0n) is 15.9. The van der Waals surface area contributed by atoms with Crippen LogP contribution >= 0.6 is 35.7 Å². The number of halogens is 2. The number of thioether (sulfide) groups is 1. The molecule has 1 atom stereocenters. The molecule has 1 unspecified atom stereocenters. The van der Waals surface area contributed by atoms with Gasteiger partial charge >= 0.3 is 0 Å². The zero-order valence-corrected chi connectivity index (χ0v) is 19.0. The number of hydrogen-bond donors (Lipinski definition) is 2. The van der Waals surface area contributed by atoms with Gasteiger partial charge in [0.15, 0.2) is 5.96 Å². The average Bonchev–Trinajstić information content (AvgIpc) is 3.19. The first-order valence-electron chi connectivity index (χ1n) is 9.25. The van der Waals surface area contributed by atoms with Crippen LogP contribution in [0.3, 0.4) is 0 Å². The lowest BCUT2D eigenvalue weighted by molar-refractivity contribution is 0.452. The van der Waals surface area contributed by atoms with Crippen molar-refractivity contribution in [3.05, 3.63) is 54.0 Å². The van der Waals surface area contributed by atoms with Crippen LogP contribution in [-0.4, -0.2) is 35.0 Å². The van der Waals surface area contributed by atoms with Gasteiger partial charge in [0.1, 0.15) is 11.6 Å². The first-order chi connectivity index (χ1) is 13.2. The van der Waals surface area contributed by atoms with Crippen molar-refractivity contribution in [3.63, 3.8) is 0 Å². The molecule has 2 aromatic rings. The van der Waals surface area contributed by atoms with E-state index >= 15 is 0 Å². The second kappa shape index (κ2) is 12.1. The number of pyridine rings is 1. The van der Waals surface area contributed by atoms with Crippen LogP contribution in [-0.2, 0) is 6.54 Å². The van der Waals surface area contributed by atoms with Crippen molar-refractivity contribution in [2.24, 2.45) is 4.99 Å². The van der Waals surface area contributed by atoms with Gasteiger partial charge in [0.2, 0.25) is 5.88 Å². The molecule has 0 spiro atoms. The summed E-state index contributed by atoms with van der Waals surface area (Å²) >= 11 is 2.02. The lowest BCUT2D eigenvalue weighted by Crippen LogP contribution is -2.40. The molecule has 8 heteroatoms. The Bertz CT molecular complexity index is 771. The van der Waals surface area contributed by atoms with Crippen LogP contribution in [0.4, 0.5) is 4.39 Å². The Morgan fingerprint density at radius 1 is 1.32 bits per heavy atom. The summed E-state index contributed by atoms with van der Waals surface area (Å²) in [5.41, 5.74) is 0.842. The van der Waals surface area contributed by atoms with Crippen LogP contribution in [0.1, 0.15) is 25.3 Å². The Morgan fingerprint density at radius 2 is 2.21 bits per heavy atom. The van der Waals surface area contributed by atoms with E-state index in [4.69, 9.17) is 4.74 Å². The van der Waals surface area contributed by atoms with Crippen molar-refractivity contribution < 1.29 is 9.13 Å². The van der Waals surface area contributed by atoms with Gasteiger partial charge in [-0.1, -0.05) is 12.1 Å². The van der Waals surface area contributed by atoms with Crippen LogP contribution in [0.15, 0.2) is 47.6 Å². The molecule has 2 N–H and O–H groups in total. The number of hydrogen-bond acceptors (Lipinski definition) is 4. The average molecular weight is 516 g/mol. The topological polar surface area (TPSA) is 58.5 Å². The molecule has 3 rings (SSSR count). The number of benzene rings is 1. The Kier molecular flexibility index (Phi) is 9.83. The summed E-state index contributed by atoms with van der Waals surface area (Å²) in [5, 5.41) is 7.34. The van der Waals surface area contributed by atoms with E-state index < -0.39 is 0 Å². The quantitative estimate of drug-likeness (QED) is 0.321. The van der Waals surface area contributed by atoms with Crippen LogP contribution in [0, 0.1) is 5.82 Å². The molecule has 0 saturated carbocycles. The molecule has 2 heterocycles. The summed E-state index contributed by atoms with van der Waals surface area (Å²) < 4.78 is 19.1. The standard InChI is InChI=1S/C20H25FN4OS.HI/c1-2-22-20(25-14-18-9-5-11-27-18)24-13-15-6-4-10-23-19(15)26-17-8-3-7-16(21)12-17;/h3-4,6-8,10,12,18H,2,5,9,11,13-14H2,1H3,(H2,22,24,25);1H. The second-order valence-corrected chi connectivity index (χ2v) is 7.65. The normalized spacial score (nSPS) is 16.4. The minimum atomic E-state index is -0.341. The van der Waals surface area contributed by atoms with Crippen molar-refractivity contribution in [2.75, 3.05) is 18.8 Å². The van der Waals surface area contributed by atoms with Crippen molar-refractivity contribution in [1.82, 2.24) is 15.6 Å². The van der Waals surface area contributed by atoms with Crippen molar-refractivity contribution in [1.29, 1.82) is 0 Å². The first-order valence-corrected chi connectivity index (χ1v) is 10.3. The van der Waals surface area contributed by atoms with Gasteiger partial charge < -0.3 is 15.4 Å². The zero-order chi connectivity index (χ0) is 18.9. The third-order valence-corrected chi connectivity index (χ3v) is 5.53. The first kappa shape index (κ1) is 22.7. The molecule has 1 aliphatic heterocycles. The van der Waals surface area contributed by atoms with E-state index in [1.54, 1.807) is 18.3 Å². The van der Waals surface area contributed by atoms with Gasteiger partial charge in [0.25, 0.3) is 0 Å². The van der Waals surface area contributed by atoms with E-state index in [1.807, 2.05) is 30.8 Å². The van der Waals surface area contributed by atoms with Gasteiger partial charge in [-0.3, -0.25) is 0 Å². The number of aromatic nitrogens is 1. The Balaban J connectivity index is 0.00000280. The maximum Gasteiger partial charge on any atom is 0.224 e. The molecule has 1 fully saturated rings. The molecule has 0 radical (unpaired) electrons. The SMILES string of the molecule is CCNC(=NCc1cccnc1Oc1cccc(F)c1)NCC1CCCS1.I. The van der Waals surface area contributed by atoms with E-state index in [9.17, 15) is 4.39 Å². The van der Waals surface area contributed by atoms with E-state index in [2.05, 4.69) is 20.6 Å². The smallest absolute Gasteiger partial charge is 0.224 e. The lowest BCUT2D eigenvalue weighted by Gasteiger charge is -2.15. The molecule has 1 aromatic heterocycles. The number of ether oxygens (including phenoxy) is 1. The fourth-order valence-electron chi connectivity index (χ4n) is 2.80. The predicted molar refractivity (Wildman–Crippen MR) is 124 cm³/mol. The highest BCUT2D eigenvalue weighted by atomic mass is 127. The van der Waals surface area contributed by atoms with E-state index in [0.29, 0.717) is 23.4 Å². The number of guanidine groups is 1. The van der Waals surface area contributed by atoms with Crippen LogP contribution in [0.5, 0.6) is 11.6 Å². The Morgan fingerprint density at radius 3 is 2.96 bits per heavy atom. The highest BCUT2D eigenvalue weighted by Gasteiger charge is 2.15. The van der Waals surface area contributed by atoms with Gasteiger partial charge in [-0.05, 0) is 43.7 Å². The van der Waals surface area contributed by atoms with E-state index in [1.165, 1.54) is 30.7 Å². The largest absolute Gasteiger partial charge is 0.439 e. The van der Waals surface area contributed by atoms with Gasteiger partial charge in [-0.25, -0.2) is 14.4 Å². The predicted octanol–water partition coefficient (Wildman–Crippen LogP) is 4.58. The summed E-state index contributed by atoms with van der Waals surface area (Å²) in [6.07, 6.45) is 4.20. The number of nitrogens with one attached hydrogen (secondary N) is 2. The van der Waals surface area contributed by atoms with E-state index in [0.717, 1.165) is 24.6 Å². The molecule has 1 aromatic carbocycles. The highest BCUT2D eigenvalue weighted by molar-refractivity contribution is 14.0. The third-order valence-electron chi connectivity index (χ3n) is 4.13. The third kappa shape index (κ3) is 7.12. The molecule has 0 aliphatic carbocycles. The summed E-state index contributed by atoms with van der Waals surface area (Å²) in [7, 11) is 0. The monoisotopic (exact) mass is 516 g/mol. The fourth-order valence-corrected chi connectivity index (χ4v) is 4.00. The Labute approximate surface area is 187 Å². The number of aliphatic imine (C=N–C) groups is 1.